The van der Waals surface area contributed by atoms with Crippen LogP contribution in [0.15, 0.2) is 105 Å². The van der Waals surface area contributed by atoms with Gasteiger partial charge in [-0.2, -0.15) is 0 Å². The van der Waals surface area contributed by atoms with E-state index in [1.165, 1.54) is 27.9 Å². The number of aliphatic imine (C=N–C) groups is 1. The first-order valence-corrected chi connectivity index (χ1v) is 12.3. The van der Waals surface area contributed by atoms with Gasteiger partial charge < -0.3 is 4.90 Å². The van der Waals surface area contributed by atoms with Gasteiger partial charge in [-0.25, -0.2) is 4.99 Å². The van der Waals surface area contributed by atoms with Crippen LogP contribution in [0.25, 0.3) is 0 Å². The molecule has 1 saturated heterocycles. The third-order valence-corrected chi connectivity index (χ3v) is 7.81. The molecule has 0 radical (unpaired) electrons. The van der Waals surface area contributed by atoms with E-state index in [9.17, 15) is 4.79 Å². The Morgan fingerprint density at radius 2 is 1.50 bits per heavy atom. The maximum absolute atomic E-state index is 13.7. The number of anilines is 1. The molecule has 2 aliphatic rings. The third kappa shape index (κ3) is 4.08. The van der Waals surface area contributed by atoms with Crippen molar-refractivity contribution in [2.45, 2.75) is 18.2 Å². The second-order valence-corrected chi connectivity index (χ2v) is 9.48. The SMILES string of the molecule is CCN1C(=C2SC(=Nc3ccccc3)N(CCc3ccccc3)C2=O)Sc2ccccc21. The number of amides is 1. The van der Waals surface area contributed by atoms with Gasteiger partial charge in [0.1, 0.15) is 9.93 Å². The van der Waals surface area contributed by atoms with Crippen LogP contribution in [-0.2, 0) is 11.2 Å². The largest absolute Gasteiger partial charge is 0.334 e. The van der Waals surface area contributed by atoms with Crippen molar-refractivity contribution in [2.24, 2.45) is 4.99 Å². The number of hydrogen-bond acceptors (Lipinski definition) is 5. The summed E-state index contributed by atoms with van der Waals surface area (Å²) in [4.78, 5) is 24.5. The summed E-state index contributed by atoms with van der Waals surface area (Å²) >= 11 is 3.16. The number of fused-ring (bicyclic) bond motifs is 1. The Hall–Kier alpha value is -2.96. The Morgan fingerprint density at radius 1 is 0.812 bits per heavy atom. The zero-order valence-corrected chi connectivity index (χ0v) is 19.4. The van der Waals surface area contributed by atoms with Gasteiger partial charge in [-0.3, -0.25) is 9.69 Å². The first kappa shape index (κ1) is 20.9. The molecule has 1 amide bonds. The molecule has 1 fully saturated rings. The molecular formula is C26H23N3OS2. The lowest BCUT2D eigenvalue weighted by Gasteiger charge is -2.19. The number of hydrogen-bond donors (Lipinski definition) is 0. The number of rotatable bonds is 5. The average molecular weight is 458 g/mol. The van der Waals surface area contributed by atoms with Crippen LogP contribution in [0.1, 0.15) is 12.5 Å². The molecule has 0 N–H and O–H groups in total. The van der Waals surface area contributed by atoms with E-state index >= 15 is 0 Å². The summed E-state index contributed by atoms with van der Waals surface area (Å²) in [6.45, 7) is 3.54. The molecule has 3 aromatic carbocycles. The molecule has 0 bridgehead atoms. The van der Waals surface area contributed by atoms with Crippen LogP contribution in [0, 0.1) is 0 Å². The van der Waals surface area contributed by atoms with E-state index < -0.39 is 0 Å². The highest BCUT2D eigenvalue weighted by atomic mass is 32.2. The molecule has 32 heavy (non-hydrogen) atoms. The van der Waals surface area contributed by atoms with E-state index in [4.69, 9.17) is 4.99 Å². The molecule has 6 heteroatoms. The van der Waals surface area contributed by atoms with Crippen molar-refractivity contribution in [3.05, 3.63) is 100 Å². The molecule has 0 unspecified atom stereocenters. The normalized spacial score (nSPS) is 19.2. The van der Waals surface area contributed by atoms with E-state index in [1.54, 1.807) is 11.8 Å². The van der Waals surface area contributed by atoms with E-state index in [0.717, 1.165) is 33.8 Å². The molecule has 0 spiro atoms. The molecular weight excluding hydrogens is 434 g/mol. The predicted octanol–water partition coefficient (Wildman–Crippen LogP) is 6.29. The minimum Gasteiger partial charge on any atom is -0.334 e. The fourth-order valence-corrected chi connectivity index (χ4v) is 6.25. The number of carbonyl (C=O) groups is 1. The molecule has 0 aliphatic carbocycles. The Kier molecular flexibility index (Phi) is 6.06. The summed E-state index contributed by atoms with van der Waals surface area (Å²) in [5.41, 5.74) is 3.23. The minimum absolute atomic E-state index is 0.0365. The fraction of sp³-hybridized carbons (Fsp3) is 0.154. The van der Waals surface area contributed by atoms with Crippen molar-refractivity contribution in [1.29, 1.82) is 0 Å². The summed E-state index contributed by atoms with van der Waals surface area (Å²) in [5.74, 6) is 0.0365. The van der Waals surface area contributed by atoms with E-state index in [1.807, 2.05) is 65.6 Å². The molecule has 0 saturated carbocycles. The lowest BCUT2D eigenvalue weighted by atomic mass is 10.1. The zero-order valence-electron chi connectivity index (χ0n) is 17.8. The van der Waals surface area contributed by atoms with Crippen molar-refractivity contribution >= 4 is 46.0 Å². The van der Waals surface area contributed by atoms with Crippen LogP contribution in [0.3, 0.4) is 0 Å². The standard InChI is InChI=1S/C26H23N3OS2/c1-2-28-21-15-9-10-16-22(21)31-25(28)23-24(30)29(18-17-19-11-5-3-6-12-19)26(32-23)27-20-13-7-4-8-14-20/h3-16H,2,17-18H2,1H3. The highest BCUT2D eigenvalue weighted by molar-refractivity contribution is 8.19. The van der Waals surface area contributed by atoms with Gasteiger partial charge in [0.05, 0.1) is 11.4 Å². The van der Waals surface area contributed by atoms with Gasteiger partial charge in [-0.05, 0) is 54.9 Å². The summed E-state index contributed by atoms with van der Waals surface area (Å²) in [6, 6.07) is 28.5. The van der Waals surface area contributed by atoms with Crippen LogP contribution in [0.4, 0.5) is 11.4 Å². The summed E-state index contributed by atoms with van der Waals surface area (Å²) in [6.07, 6.45) is 0.786. The molecule has 0 aromatic heterocycles. The molecule has 3 aromatic rings. The molecule has 160 valence electrons. The maximum atomic E-state index is 13.7. The maximum Gasteiger partial charge on any atom is 0.269 e. The van der Waals surface area contributed by atoms with Crippen molar-refractivity contribution in [3.63, 3.8) is 0 Å². The van der Waals surface area contributed by atoms with Gasteiger partial charge in [-0.15, -0.1) is 0 Å². The average Bonchev–Trinajstić information content (AvgIpc) is 3.36. The lowest BCUT2D eigenvalue weighted by molar-refractivity contribution is -0.122. The van der Waals surface area contributed by atoms with Crippen molar-refractivity contribution in [2.75, 3.05) is 18.0 Å². The van der Waals surface area contributed by atoms with Crippen LogP contribution in [0.5, 0.6) is 0 Å². The number of thioether (sulfide) groups is 2. The number of carbonyl (C=O) groups excluding carboxylic acids is 1. The van der Waals surface area contributed by atoms with Gasteiger partial charge in [-0.1, -0.05) is 72.4 Å². The first-order chi connectivity index (χ1) is 15.7. The highest BCUT2D eigenvalue weighted by Crippen LogP contribution is 2.50. The second-order valence-electron chi connectivity index (χ2n) is 7.47. The van der Waals surface area contributed by atoms with Crippen molar-refractivity contribution in [1.82, 2.24) is 4.90 Å². The first-order valence-electron chi connectivity index (χ1n) is 10.7. The number of para-hydroxylation sites is 2. The Bertz CT molecular complexity index is 1190. The fourth-order valence-electron chi connectivity index (χ4n) is 3.83. The lowest BCUT2D eigenvalue weighted by Crippen LogP contribution is -2.32. The number of nitrogens with zero attached hydrogens (tertiary/aromatic N) is 3. The predicted molar refractivity (Wildman–Crippen MR) is 135 cm³/mol. The van der Waals surface area contributed by atoms with Gasteiger partial charge in [0.25, 0.3) is 5.91 Å². The van der Waals surface area contributed by atoms with Crippen LogP contribution < -0.4 is 4.90 Å². The van der Waals surface area contributed by atoms with E-state index in [0.29, 0.717) is 6.54 Å². The summed E-state index contributed by atoms with van der Waals surface area (Å²) in [7, 11) is 0. The van der Waals surface area contributed by atoms with Crippen LogP contribution >= 0.6 is 23.5 Å². The van der Waals surface area contributed by atoms with Gasteiger partial charge in [0.15, 0.2) is 5.17 Å². The second kappa shape index (κ2) is 9.27. The molecule has 2 aliphatic heterocycles. The molecule has 0 atom stereocenters. The monoisotopic (exact) mass is 457 g/mol. The van der Waals surface area contributed by atoms with E-state index in [2.05, 4.69) is 36.1 Å². The topological polar surface area (TPSA) is 35.9 Å². The number of benzene rings is 3. The molecule has 2 heterocycles. The van der Waals surface area contributed by atoms with Crippen molar-refractivity contribution in [3.8, 4) is 0 Å². The Balaban J connectivity index is 1.51. The third-order valence-electron chi connectivity index (χ3n) is 5.43. The van der Waals surface area contributed by atoms with Gasteiger partial charge in [0.2, 0.25) is 0 Å². The van der Waals surface area contributed by atoms with Gasteiger partial charge in [0, 0.05) is 18.0 Å². The van der Waals surface area contributed by atoms with Crippen LogP contribution in [-0.4, -0.2) is 29.1 Å². The summed E-state index contributed by atoms with van der Waals surface area (Å²) < 4.78 is 0. The highest BCUT2D eigenvalue weighted by Gasteiger charge is 2.39. The van der Waals surface area contributed by atoms with Crippen LogP contribution in [0.2, 0.25) is 0 Å². The minimum atomic E-state index is 0.0365. The Labute approximate surface area is 197 Å². The van der Waals surface area contributed by atoms with Crippen molar-refractivity contribution < 1.29 is 4.79 Å². The van der Waals surface area contributed by atoms with Gasteiger partial charge >= 0.3 is 0 Å². The smallest absolute Gasteiger partial charge is 0.269 e. The quantitative estimate of drug-likeness (QED) is 0.422. The molecule has 5 rings (SSSR count). The Morgan fingerprint density at radius 3 is 2.25 bits per heavy atom. The van der Waals surface area contributed by atoms with E-state index in [-0.39, 0.29) is 5.91 Å². The summed E-state index contributed by atoms with van der Waals surface area (Å²) in [5, 5.41) is 1.75. The molecule has 4 nitrogen and oxygen atoms in total. The zero-order chi connectivity index (χ0) is 21.9. The number of amidine groups is 1.